The molecule has 10 nitrogen and oxygen atoms in total. The molecule has 0 unspecified atom stereocenters. The zero-order valence-electron chi connectivity index (χ0n) is 22.8. The predicted molar refractivity (Wildman–Crippen MR) is 141 cm³/mol. The zero-order chi connectivity index (χ0) is 27.6. The number of aliphatic hydroxyl groups is 1. The van der Waals surface area contributed by atoms with E-state index < -0.39 is 41.7 Å². The summed E-state index contributed by atoms with van der Waals surface area (Å²) in [6, 6.07) is -0.838. The summed E-state index contributed by atoms with van der Waals surface area (Å²) in [4.78, 5) is 57.8. The van der Waals surface area contributed by atoms with Crippen LogP contribution >= 0.6 is 0 Å². The van der Waals surface area contributed by atoms with Crippen LogP contribution in [0.15, 0.2) is 24.3 Å². The molecule has 4 aliphatic heterocycles. The number of nitrogens with one attached hydrogen (secondary N) is 1. The average Bonchev–Trinajstić information content (AvgIpc) is 3.57. The highest BCUT2D eigenvalue weighted by atomic mass is 16.6. The Morgan fingerprint density at radius 3 is 2.64 bits per heavy atom. The summed E-state index contributed by atoms with van der Waals surface area (Å²) in [6.07, 6.45) is 13.2. The number of hydrogen-bond donors (Lipinski definition) is 2. The van der Waals surface area contributed by atoms with Crippen molar-refractivity contribution in [2.45, 2.75) is 94.6 Å². The minimum absolute atomic E-state index is 0.00391. The standard InChI is InChI=1S/C29H41N3O7/c1-19-18-30-22(34)12-6-3-7-15-31(20-10-4-2-5-11-20)27(36)25-29-14-13-21(39-29)23(28(37)38-19)24(29)26(35)32(25)16-8-9-17-33/h3,7,13-14,19-21,23-25,33H,2,4-6,8-12,15-18H2,1H3,(H,30,34)/b7-3-/t19-,21+,23-,24-,25+,29-/m0/s1. The van der Waals surface area contributed by atoms with Crippen LogP contribution in [0.4, 0.5) is 0 Å². The Bertz CT molecular complexity index is 1020. The number of esters is 1. The van der Waals surface area contributed by atoms with Gasteiger partial charge in [0.2, 0.25) is 17.7 Å². The van der Waals surface area contributed by atoms with Gasteiger partial charge in [0.05, 0.1) is 18.6 Å². The van der Waals surface area contributed by atoms with Gasteiger partial charge in [-0.15, -0.1) is 0 Å². The second-order valence-corrected chi connectivity index (χ2v) is 11.5. The van der Waals surface area contributed by atoms with Crippen LogP contribution in [0.3, 0.4) is 0 Å². The third kappa shape index (κ3) is 5.25. The lowest BCUT2D eigenvalue weighted by atomic mass is 9.74. The van der Waals surface area contributed by atoms with Gasteiger partial charge >= 0.3 is 5.97 Å². The number of carbonyl (C=O) groups is 4. The monoisotopic (exact) mass is 543 g/mol. The number of allylic oxidation sites excluding steroid dienone is 1. The maximum absolute atomic E-state index is 14.5. The highest BCUT2D eigenvalue weighted by Gasteiger charge is 2.73. The molecule has 1 spiro atoms. The fourth-order valence-electron chi connectivity index (χ4n) is 7.00. The van der Waals surface area contributed by atoms with Crippen molar-refractivity contribution in [3.8, 4) is 0 Å². The first-order valence-corrected chi connectivity index (χ1v) is 14.6. The Hall–Kier alpha value is -2.72. The van der Waals surface area contributed by atoms with Gasteiger partial charge in [0.15, 0.2) is 0 Å². The Morgan fingerprint density at radius 1 is 1.08 bits per heavy atom. The fraction of sp³-hybridized carbons (Fsp3) is 0.724. The number of amides is 3. The van der Waals surface area contributed by atoms with Gasteiger partial charge in [-0.1, -0.05) is 43.6 Å². The first kappa shape index (κ1) is 27.8. The minimum atomic E-state index is -1.23. The van der Waals surface area contributed by atoms with E-state index in [0.29, 0.717) is 38.8 Å². The summed E-state index contributed by atoms with van der Waals surface area (Å²) < 4.78 is 12.1. The van der Waals surface area contributed by atoms with E-state index in [2.05, 4.69) is 5.32 Å². The van der Waals surface area contributed by atoms with Crippen LogP contribution in [0.25, 0.3) is 0 Å². The lowest BCUT2D eigenvalue weighted by Gasteiger charge is -2.40. The van der Waals surface area contributed by atoms with E-state index in [1.807, 2.05) is 23.1 Å². The lowest BCUT2D eigenvalue weighted by Crippen LogP contribution is -2.58. The summed E-state index contributed by atoms with van der Waals surface area (Å²) in [5.41, 5.74) is -1.23. The van der Waals surface area contributed by atoms with E-state index >= 15 is 0 Å². The first-order chi connectivity index (χ1) is 18.9. The summed E-state index contributed by atoms with van der Waals surface area (Å²) in [5, 5.41) is 12.2. The molecule has 3 amide bonds. The lowest BCUT2D eigenvalue weighted by molar-refractivity contribution is -0.158. The predicted octanol–water partition coefficient (Wildman–Crippen LogP) is 1.47. The molecule has 0 aromatic rings. The molecule has 5 aliphatic rings. The number of rotatable bonds is 5. The number of fused-ring (bicyclic) bond motifs is 2. The first-order valence-electron chi connectivity index (χ1n) is 14.6. The third-order valence-corrected chi connectivity index (χ3v) is 8.90. The summed E-state index contributed by atoms with van der Waals surface area (Å²) >= 11 is 0. The van der Waals surface area contributed by atoms with Crippen molar-refractivity contribution in [2.75, 3.05) is 26.2 Å². The number of carbonyl (C=O) groups excluding carboxylic acids is 4. The van der Waals surface area contributed by atoms with E-state index in [0.717, 1.165) is 32.1 Å². The van der Waals surface area contributed by atoms with Crippen LogP contribution in [0.2, 0.25) is 0 Å². The number of nitrogens with zero attached hydrogens (tertiary/aromatic N) is 2. The summed E-state index contributed by atoms with van der Waals surface area (Å²) in [6.45, 7) is 2.56. The molecule has 4 heterocycles. The van der Waals surface area contributed by atoms with E-state index in [1.54, 1.807) is 17.9 Å². The Labute approximate surface area is 229 Å². The number of unbranched alkanes of at least 4 members (excludes halogenated alkanes) is 1. The molecule has 5 rings (SSSR count). The number of hydrogen-bond acceptors (Lipinski definition) is 7. The quantitative estimate of drug-likeness (QED) is 0.306. The SMILES string of the molecule is C[C@H]1CNC(=O)CC/C=C\CN(C2CCCCC2)C(=O)[C@H]2N(CCCCO)C(=O)[C@@H]3[C@@H](C(=O)O1)[C@H]1C=C[C@]32O1. The van der Waals surface area contributed by atoms with Gasteiger partial charge in [0.25, 0.3) is 0 Å². The normalized spacial score (nSPS) is 36.7. The molecule has 10 heteroatoms. The molecule has 0 aromatic heterocycles. The van der Waals surface area contributed by atoms with Crippen molar-refractivity contribution in [1.29, 1.82) is 0 Å². The van der Waals surface area contributed by atoms with Gasteiger partial charge in [0.1, 0.15) is 23.7 Å². The molecule has 5 bridgehead atoms. The van der Waals surface area contributed by atoms with E-state index in [9.17, 15) is 24.3 Å². The summed E-state index contributed by atoms with van der Waals surface area (Å²) in [7, 11) is 0. The van der Waals surface area contributed by atoms with Crippen LogP contribution in [0.5, 0.6) is 0 Å². The van der Waals surface area contributed by atoms with Crippen LogP contribution in [0.1, 0.15) is 64.7 Å². The molecular formula is C29H41N3O7. The molecule has 0 radical (unpaired) electrons. The van der Waals surface area contributed by atoms with Gasteiger partial charge in [-0.25, -0.2) is 0 Å². The van der Waals surface area contributed by atoms with Crippen molar-refractivity contribution >= 4 is 23.7 Å². The minimum Gasteiger partial charge on any atom is -0.460 e. The molecule has 6 atom stereocenters. The van der Waals surface area contributed by atoms with Gasteiger partial charge in [-0.2, -0.15) is 0 Å². The highest BCUT2D eigenvalue weighted by molar-refractivity contribution is 5.99. The smallest absolute Gasteiger partial charge is 0.313 e. The molecule has 1 saturated carbocycles. The second kappa shape index (κ2) is 11.8. The van der Waals surface area contributed by atoms with E-state index in [1.165, 1.54) is 0 Å². The number of ether oxygens (including phenoxy) is 2. The van der Waals surface area contributed by atoms with Crippen molar-refractivity contribution in [3.63, 3.8) is 0 Å². The Balaban J connectivity index is 1.53. The molecule has 2 saturated heterocycles. The zero-order valence-corrected chi connectivity index (χ0v) is 22.8. The van der Waals surface area contributed by atoms with Crippen LogP contribution < -0.4 is 5.32 Å². The van der Waals surface area contributed by atoms with Crippen LogP contribution in [-0.4, -0.2) is 94.7 Å². The van der Waals surface area contributed by atoms with E-state index in [4.69, 9.17) is 9.47 Å². The maximum Gasteiger partial charge on any atom is 0.313 e. The summed E-state index contributed by atoms with van der Waals surface area (Å²) in [5.74, 6) is -2.85. The molecule has 2 N–H and O–H groups in total. The number of cyclic esters (lactones) is 1. The molecule has 0 aromatic carbocycles. The van der Waals surface area contributed by atoms with Crippen molar-refractivity contribution in [3.05, 3.63) is 24.3 Å². The van der Waals surface area contributed by atoms with Gasteiger partial charge < -0.3 is 29.7 Å². The van der Waals surface area contributed by atoms with Crippen LogP contribution in [-0.2, 0) is 28.7 Å². The van der Waals surface area contributed by atoms with Crippen molar-refractivity contribution in [1.82, 2.24) is 15.1 Å². The van der Waals surface area contributed by atoms with E-state index in [-0.39, 0.29) is 36.9 Å². The van der Waals surface area contributed by atoms with Gasteiger partial charge in [-0.3, -0.25) is 19.2 Å². The topological polar surface area (TPSA) is 125 Å². The fourth-order valence-corrected chi connectivity index (χ4v) is 7.00. The van der Waals surface area contributed by atoms with Crippen molar-refractivity contribution in [2.24, 2.45) is 11.8 Å². The third-order valence-electron chi connectivity index (χ3n) is 8.90. The molecule has 214 valence electrons. The number of aliphatic hydroxyl groups excluding tert-OH is 1. The second-order valence-electron chi connectivity index (χ2n) is 11.5. The van der Waals surface area contributed by atoms with Gasteiger partial charge in [0, 0.05) is 32.2 Å². The molecule has 3 fully saturated rings. The Kier molecular flexibility index (Phi) is 8.42. The van der Waals surface area contributed by atoms with Crippen LogP contribution in [0, 0.1) is 11.8 Å². The van der Waals surface area contributed by atoms with Gasteiger partial charge in [-0.05, 0) is 39.0 Å². The molecular weight excluding hydrogens is 502 g/mol. The largest absolute Gasteiger partial charge is 0.460 e. The highest BCUT2D eigenvalue weighted by Crippen LogP contribution is 2.55. The molecule has 1 aliphatic carbocycles. The van der Waals surface area contributed by atoms with Crippen molar-refractivity contribution < 1.29 is 33.8 Å². The number of likely N-dealkylation sites (tertiary alicyclic amines) is 1. The average molecular weight is 544 g/mol. The molecule has 39 heavy (non-hydrogen) atoms. The Morgan fingerprint density at radius 2 is 1.87 bits per heavy atom. The maximum atomic E-state index is 14.5.